The first kappa shape index (κ1) is 27.5. The first-order valence-corrected chi connectivity index (χ1v) is 11.1. The molecule has 5 heteroatoms. The summed E-state index contributed by atoms with van der Waals surface area (Å²) in [4.78, 5) is 15.7. The Hall–Kier alpha value is -2.53. The maximum Gasteiger partial charge on any atom is 0.238 e. The zero-order valence-corrected chi connectivity index (χ0v) is 21.5. The van der Waals surface area contributed by atoms with Gasteiger partial charge >= 0.3 is 0 Å². The average Bonchev–Trinajstić information content (AvgIpc) is 2.74. The van der Waals surface area contributed by atoms with E-state index < -0.39 is 0 Å². The molecule has 0 spiro atoms. The maximum atomic E-state index is 12.5. The largest absolute Gasteiger partial charge is 0.488 e. The number of hydrogen-bond acceptors (Lipinski definition) is 4. The van der Waals surface area contributed by atoms with Gasteiger partial charge in [0.25, 0.3) is 0 Å². The lowest BCUT2D eigenvalue weighted by Gasteiger charge is -2.21. The fraction of sp³-hybridized carbons (Fsp3) is 0.519. The Morgan fingerprint density at radius 2 is 1.72 bits per heavy atom. The number of H-pyrrole nitrogens is 1. The van der Waals surface area contributed by atoms with Crippen LogP contribution in [0.5, 0.6) is 11.6 Å². The van der Waals surface area contributed by atoms with E-state index in [1.54, 1.807) is 7.11 Å². The second kappa shape index (κ2) is 13.1. The number of rotatable bonds is 11. The number of pyridine rings is 1. The van der Waals surface area contributed by atoms with Crippen LogP contribution in [0.1, 0.15) is 59.2 Å². The van der Waals surface area contributed by atoms with Crippen LogP contribution in [0.2, 0.25) is 0 Å². The Morgan fingerprint density at radius 1 is 1.06 bits per heavy atom. The molecule has 1 rings (SSSR count). The fourth-order valence-corrected chi connectivity index (χ4v) is 3.99. The van der Waals surface area contributed by atoms with Crippen LogP contribution in [-0.4, -0.2) is 32.4 Å². The molecule has 0 unspecified atom stereocenters. The van der Waals surface area contributed by atoms with Gasteiger partial charge in [-0.3, -0.25) is 4.79 Å². The standard InChI is InChI=1S/C27H41NO4/c1-11-20(5)25(30-8)21(6)16-19(4)15-18(3)14-17(2)12-13-23-22(7)24(29)26(31-9)27(28-23)32-10/h11-12,15-16,21,25H,13-14H2,1-10H3,(H,28,29)/t21-,25+/m1/s1. The van der Waals surface area contributed by atoms with Gasteiger partial charge in [-0.2, -0.15) is 0 Å². The normalized spacial score (nSPS) is 15.6. The highest BCUT2D eigenvalue weighted by Crippen LogP contribution is 2.23. The van der Waals surface area contributed by atoms with Crippen LogP contribution >= 0.6 is 0 Å². The van der Waals surface area contributed by atoms with Crippen molar-refractivity contribution in [1.82, 2.24) is 4.98 Å². The molecule has 5 nitrogen and oxygen atoms in total. The maximum absolute atomic E-state index is 12.5. The molecule has 0 aliphatic carbocycles. The van der Waals surface area contributed by atoms with Crippen LogP contribution in [-0.2, 0) is 11.2 Å². The van der Waals surface area contributed by atoms with E-state index in [2.05, 4.69) is 63.9 Å². The van der Waals surface area contributed by atoms with Crippen molar-refractivity contribution < 1.29 is 14.2 Å². The molecule has 1 aromatic rings. The highest BCUT2D eigenvalue weighted by molar-refractivity contribution is 5.40. The molecule has 32 heavy (non-hydrogen) atoms. The topological polar surface area (TPSA) is 60.6 Å². The second-order valence-electron chi connectivity index (χ2n) is 8.51. The van der Waals surface area contributed by atoms with Crippen LogP contribution in [0.25, 0.3) is 0 Å². The van der Waals surface area contributed by atoms with Crippen molar-refractivity contribution in [2.45, 2.75) is 67.4 Å². The second-order valence-corrected chi connectivity index (χ2v) is 8.51. The van der Waals surface area contributed by atoms with Gasteiger partial charge in [0, 0.05) is 30.7 Å². The van der Waals surface area contributed by atoms with E-state index in [9.17, 15) is 4.79 Å². The van der Waals surface area contributed by atoms with Crippen LogP contribution < -0.4 is 14.9 Å². The number of methoxy groups -OCH3 is 3. The summed E-state index contributed by atoms with van der Waals surface area (Å²) in [6.07, 6.45) is 10.4. The minimum absolute atomic E-state index is 0.0946. The monoisotopic (exact) mass is 443 g/mol. The van der Waals surface area contributed by atoms with E-state index >= 15 is 0 Å². The highest BCUT2D eigenvalue weighted by Gasteiger charge is 2.16. The summed E-state index contributed by atoms with van der Waals surface area (Å²) in [5, 5.41) is 0. The molecule has 0 aromatic carbocycles. The van der Waals surface area contributed by atoms with Crippen molar-refractivity contribution in [3.05, 3.63) is 68.1 Å². The first-order chi connectivity index (χ1) is 15.1. The lowest BCUT2D eigenvalue weighted by Crippen LogP contribution is -2.20. The molecule has 0 amide bonds. The van der Waals surface area contributed by atoms with Crippen LogP contribution in [0, 0.1) is 12.8 Å². The Bertz CT molecular complexity index is 947. The summed E-state index contributed by atoms with van der Waals surface area (Å²) in [7, 11) is 4.76. The van der Waals surface area contributed by atoms with Gasteiger partial charge in [-0.25, -0.2) is 0 Å². The van der Waals surface area contributed by atoms with Gasteiger partial charge in [0.2, 0.25) is 17.1 Å². The van der Waals surface area contributed by atoms with Crippen molar-refractivity contribution >= 4 is 0 Å². The molecule has 0 radical (unpaired) electrons. The molecular weight excluding hydrogens is 402 g/mol. The number of aromatic amines is 1. The highest BCUT2D eigenvalue weighted by atomic mass is 16.5. The van der Waals surface area contributed by atoms with E-state index in [-0.39, 0.29) is 17.3 Å². The molecule has 1 heterocycles. The van der Waals surface area contributed by atoms with Gasteiger partial charge in [-0.05, 0) is 53.5 Å². The van der Waals surface area contributed by atoms with Crippen molar-refractivity contribution in [1.29, 1.82) is 0 Å². The van der Waals surface area contributed by atoms with E-state index in [1.807, 2.05) is 13.8 Å². The summed E-state index contributed by atoms with van der Waals surface area (Å²) in [5.74, 6) is 0.865. The minimum Gasteiger partial charge on any atom is -0.488 e. The molecule has 2 atom stereocenters. The van der Waals surface area contributed by atoms with Gasteiger partial charge < -0.3 is 19.2 Å². The van der Waals surface area contributed by atoms with E-state index in [1.165, 1.54) is 36.5 Å². The quantitative estimate of drug-likeness (QED) is 0.332. The average molecular weight is 444 g/mol. The van der Waals surface area contributed by atoms with Gasteiger partial charge in [-0.1, -0.05) is 47.9 Å². The lowest BCUT2D eigenvalue weighted by molar-refractivity contribution is 0.103. The van der Waals surface area contributed by atoms with Crippen molar-refractivity contribution in [2.24, 2.45) is 5.92 Å². The Balaban J connectivity index is 2.94. The summed E-state index contributed by atoms with van der Waals surface area (Å²) in [6, 6.07) is 0. The molecule has 0 aliphatic rings. The number of aromatic nitrogens is 1. The Morgan fingerprint density at radius 3 is 2.25 bits per heavy atom. The van der Waals surface area contributed by atoms with Crippen LogP contribution in [0.4, 0.5) is 0 Å². The van der Waals surface area contributed by atoms with Gasteiger partial charge in [0.05, 0.1) is 20.3 Å². The molecule has 178 valence electrons. The first-order valence-electron chi connectivity index (χ1n) is 11.1. The Kier molecular flexibility index (Phi) is 11.3. The minimum atomic E-state index is -0.141. The lowest BCUT2D eigenvalue weighted by atomic mass is 9.95. The zero-order valence-electron chi connectivity index (χ0n) is 21.5. The van der Waals surface area contributed by atoms with E-state index in [4.69, 9.17) is 14.2 Å². The van der Waals surface area contributed by atoms with E-state index in [0.29, 0.717) is 23.8 Å². The molecule has 1 aromatic heterocycles. The predicted octanol–water partition coefficient (Wildman–Crippen LogP) is 6.09. The SMILES string of the molecule is CC=C(C)[C@H](OC)[C@H](C)C=C(C)C=C(C)CC(C)=CCc1[nH]c(OC)c(OC)c(=O)c1C. The van der Waals surface area contributed by atoms with Gasteiger partial charge in [0.15, 0.2) is 0 Å². The molecular formula is C27H41NO4. The molecule has 0 fully saturated rings. The summed E-state index contributed by atoms with van der Waals surface area (Å²) in [5.41, 5.74) is 6.35. The summed E-state index contributed by atoms with van der Waals surface area (Å²) in [6.45, 7) is 14.5. The predicted molar refractivity (Wildman–Crippen MR) is 134 cm³/mol. The molecule has 0 saturated carbocycles. The Labute approximate surface area is 193 Å². The van der Waals surface area contributed by atoms with Crippen molar-refractivity contribution in [2.75, 3.05) is 21.3 Å². The smallest absolute Gasteiger partial charge is 0.238 e. The molecule has 0 saturated heterocycles. The molecule has 0 bridgehead atoms. The molecule has 1 N–H and O–H groups in total. The van der Waals surface area contributed by atoms with Crippen LogP contribution in [0.3, 0.4) is 0 Å². The third kappa shape index (κ3) is 7.56. The number of hydrogen-bond donors (Lipinski definition) is 1. The number of ether oxygens (including phenoxy) is 3. The van der Waals surface area contributed by atoms with Crippen molar-refractivity contribution in [3.63, 3.8) is 0 Å². The third-order valence-corrected chi connectivity index (χ3v) is 5.73. The summed E-state index contributed by atoms with van der Waals surface area (Å²) >= 11 is 0. The van der Waals surface area contributed by atoms with Crippen molar-refractivity contribution in [3.8, 4) is 11.6 Å². The summed E-state index contributed by atoms with van der Waals surface area (Å²) < 4.78 is 16.1. The van der Waals surface area contributed by atoms with Crippen LogP contribution in [0.15, 0.2) is 51.4 Å². The number of allylic oxidation sites excluding steroid dienone is 6. The van der Waals surface area contributed by atoms with E-state index in [0.717, 1.165) is 12.1 Å². The van der Waals surface area contributed by atoms with Gasteiger partial charge in [-0.15, -0.1) is 0 Å². The molecule has 0 aliphatic heterocycles. The van der Waals surface area contributed by atoms with Gasteiger partial charge in [0.1, 0.15) is 0 Å². The number of nitrogens with one attached hydrogen (secondary N) is 1. The fourth-order valence-electron chi connectivity index (χ4n) is 3.99. The third-order valence-electron chi connectivity index (χ3n) is 5.73. The zero-order chi connectivity index (χ0) is 24.4.